The van der Waals surface area contributed by atoms with Crippen molar-refractivity contribution in [3.8, 4) is 0 Å². The van der Waals surface area contributed by atoms with E-state index in [1.165, 1.54) is 0 Å². The van der Waals surface area contributed by atoms with Crippen LogP contribution in [0, 0.1) is 11.6 Å². The number of hydrogen-bond donors (Lipinski definition) is 1. The molecule has 1 aromatic heterocycles. The van der Waals surface area contributed by atoms with Crippen LogP contribution in [0.3, 0.4) is 0 Å². The monoisotopic (exact) mass is 366 g/mol. The van der Waals surface area contributed by atoms with Gasteiger partial charge in [-0.15, -0.1) is 0 Å². The van der Waals surface area contributed by atoms with E-state index in [0.29, 0.717) is 22.9 Å². The molecule has 0 atom stereocenters. The average Bonchev–Trinajstić information content (AvgIpc) is 2.46. The zero-order valence-electron chi connectivity index (χ0n) is 11.6. The van der Waals surface area contributed by atoms with Crippen LogP contribution in [-0.4, -0.2) is 10.5 Å². The van der Waals surface area contributed by atoms with Crippen molar-refractivity contribution < 1.29 is 26.7 Å². The number of carbonyl (C=O) groups excluding carboxylic acids is 1. The second kappa shape index (κ2) is 6.60. The first kappa shape index (κ1) is 17.9. The van der Waals surface area contributed by atoms with Gasteiger partial charge in [-0.1, -0.05) is 11.6 Å². The average molecular weight is 367 g/mol. The van der Waals surface area contributed by atoms with Crippen LogP contribution in [0.25, 0.3) is 0 Å². The van der Waals surface area contributed by atoms with Crippen molar-refractivity contribution in [2.45, 2.75) is 12.7 Å². The Bertz CT molecular complexity index is 848. The number of halogens is 6. The second-order valence-corrected chi connectivity index (χ2v) is 5.09. The topological polar surface area (TPSA) is 51.1 Å². The van der Waals surface area contributed by atoms with Gasteiger partial charge >= 0.3 is 6.18 Å². The van der Waals surface area contributed by atoms with E-state index in [1.54, 1.807) is 0 Å². The molecule has 2 aromatic rings. The molecule has 2 rings (SSSR count). The summed E-state index contributed by atoms with van der Waals surface area (Å²) >= 11 is 5.45. The highest BCUT2D eigenvalue weighted by Gasteiger charge is 2.32. The number of pyridine rings is 1. The van der Waals surface area contributed by atoms with E-state index in [1.807, 2.05) is 0 Å². The molecule has 128 valence electrons. The lowest BCUT2D eigenvalue weighted by Gasteiger charge is -2.12. The Morgan fingerprint density at radius 3 is 2.42 bits per heavy atom. The normalized spacial score (nSPS) is 11.4. The third kappa shape index (κ3) is 4.10. The van der Waals surface area contributed by atoms with E-state index >= 15 is 0 Å². The van der Waals surface area contributed by atoms with Gasteiger partial charge in [-0.05, 0) is 18.2 Å². The third-order valence-electron chi connectivity index (χ3n) is 2.89. The molecular weight excluding hydrogens is 359 g/mol. The summed E-state index contributed by atoms with van der Waals surface area (Å²) < 4.78 is 64.4. The Morgan fingerprint density at radius 1 is 1.17 bits per heavy atom. The highest BCUT2D eigenvalue weighted by molar-refractivity contribution is 6.30. The fraction of sp³-hybridized carbons (Fsp3) is 0.143. The van der Waals surface area contributed by atoms with Crippen molar-refractivity contribution in [1.82, 2.24) is 4.57 Å². The molecule has 0 aliphatic carbocycles. The van der Waals surface area contributed by atoms with Crippen molar-refractivity contribution in [3.05, 3.63) is 63.0 Å². The zero-order valence-corrected chi connectivity index (χ0v) is 12.4. The predicted octanol–water partition coefficient (Wildman–Crippen LogP) is 3.44. The lowest BCUT2D eigenvalue weighted by Crippen LogP contribution is -2.29. The number of nitrogens with one attached hydrogen (secondary N) is 1. The first-order valence-electron chi connectivity index (χ1n) is 6.30. The number of anilines is 1. The van der Waals surface area contributed by atoms with Crippen LogP contribution in [-0.2, 0) is 17.5 Å². The minimum Gasteiger partial charge on any atom is -0.324 e. The van der Waals surface area contributed by atoms with Crippen LogP contribution in [0.2, 0.25) is 5.02 Å². The van der Waals surface area contributed by atoms with Gasteiger partial charge in [-0.3, -0.25) is 9.59 Å². The van der Waals surface area contributed by atoms with Gasteiger partial charge in [0.1, 0.15) is 11.6 Å². The summed E-state index contributed by atoms with van der Waals surface area (Å²) in [6, 6.07) is 2.96. The molecular formula is C14H8ClF5N2O2. The minimum absolute atomic E-state index is 0.120. The summed E-state index contributed by atoms with van der Waals surface area (Å²) in [5.41, 5.74) is -2.32. The minimum atomic E-state index is -4.75. The van der Waals surface area contributed by atoms with Gasteiger partial charge in [0.25, 0.3) is 5.56 Å². The first-order valence-corrected chi connectivity index (χ1v) is 6.68. The van der Waals surface area contributed by atoms with Crippen LogP contribution in [0.4, 0.5) is 27.6 Å². The van der Waals surface area contributed by atoms with Crippen molar-refractivity contribution in [3.63, 3.8) is 0 Å². The quantitative estimate of drug-likeness (QED) is 0.846. The molecule has 1 amide bonds. The number of nitrogens with zero attached hydrogens (tertiary/aromatic N) is 1. The number of amides is 1. The Kier molecular flexibility index (Phi) is 4.93. The Labute approximate surface area is 136 Å². The van der Waals surface area contributed by atoms with Crippen molar-refractivity contribution in [2.75, 3.05) is 5.32 Å². The molecule has 0 saturated carbocycles. The molecule has 1 aromatic carbocycles. The number of benzene rings is 1. The van der Waals surface area contributed by atoms with E-state index in [9.17, 15) is 31.5 Å². The summed E-state index contributed by atoms with van der Waals surface area (Å²) in [5.74, 6) is -3.26. The van der Waals surface area contributed by atoms with Gasteiger partial charge in [0.2, 0.25) is 5.91 Å². The summed E-state index contributed by atoms with van der Waals surface area (Å²) in [5, 5.41) is 1.43. The second-order valence-electron chi connectivity index (χ2n) is 4.68. The van der Waals surface area contributed by atoms with Crippen LogP contribution in [0.1, 0.15) is 5.56 Å². The van der Waals surface area contributed by atoms with Gasteiger partial charge in [-0.2, -0.15) is 13.2 Å². The number of aromatic nitrogens is 1. The maximum atomic E-state index is 13.0. The summed E-state index contributed by atoms with van der Waals surface area (Å²) in [6.45, 7) is -0.790. The van der Waals surface area contributed by atoms with Crippen molar-refractivity contribution >= 4 is 23.2 Å². The van der Waals surface area contributed by atoms with Crippen LogP contribution < -0.4 is 10.9 Å². The molecule has 0 aliphatic heterocycles. The Morgan fingerprint density at radius 2 is 1.83 bits per heavy atom. The van der Waals surface area contributed by atoms with E-state index in [4.69, 9.17) is 11.6 Å². The maximum Gasteiger partial charge on any atom is 0.417 e. The molecule has 0 radical (unpaired) electrons. The Balaban J connectivity index is 2.24. The molecule has 1 N–H and O–H groups in total. The number of alkyl halides is 3. The molecule has 0 aliphatic rings. The summed E-state index contributed by atoms with van der Waals surface area (Å²) in [7, 11) is 0. The van der Waals surface area contributed by atoms with E-state index in [-0.39, 0.29) is 5.69 Å². The van der Waals surface area contributed by atoms with Gasteiger partial charge in [0.15, 0.2) is 11.6 Å². The van der Waals surface area contributed by atoms with Crippen LogP contribution in [0.15, 0.2) is 35.3 Å². The van der Waals surface area contributed by atoms with E-state index in [2.05, 4.69) is 5.32 Å². The molecule has 0 spiro atoms. The summed E-state index contributed by atoms with van der Waals surface area (Å²) in [4.78, 5) is 23.5. The summed E-state index contributed by atoms with van der Waals surface area (Å²) in [6.07, 6.45) is -4.31. The molecule has 0 saturated heterocycles. The van der Waals surface area contributed by atoms with Gasteiger partial charge in [0, 0.05) is 18.0 Å². The van der Waals surface area contributed by atoms with Crippen molar-refractivity contribution in [1.29, 1.82) is 0 Å². The standard InChI is InChI=1S/C14H8ClF5N2O2/c15-9-3-7(14(18,19)20)5-22(13(9)24)6-12(23)21-8-1-2-10(16)11(17)4-8/h1-5H,6H2,(H,21,23). The van der Waals surface area contributed by atoms with Crippen molar-refractivity contribution in [2.24, 2.45) is 0 Å². The largest absolute Gasteiger partial charge is 0.417 e. The fourth-order valence-electron chi connectivity index (χ4n) is 1.80. The fourth-order valence-corrected chi connectivity index (χ4v) is 2.03. The lowest BCUT2D eigenvalue weighted by atomic mass is 10.2. The molecule has 1 heterocycles. The van der Waals surface area contributed by atoms with Crippen LogP contribution >= 0.6 is 11.6 Å². The van der Waals surface area contributed by atoms with Crippen LogP contribution in [0.5, 0.6) is 0 Å². The maximum absolute atomic E-state index is 13.0. The number of rotatable bonds is 3. The zero-order chi connectivity index (χ0) is 18.1. The smallest absolute Gasteiger partial charge is 0.324 e. The first-order chi connectivity index (χ1) is 11.1. The molecule has 0 bridgehead atoms. The molecule has 10 heteroatoms. The number of hydrogen-bond acceptors (Lipinski definition) is 2. The lowest BCUT2D eigenvalue weighted by molar-refractivity contribution is -0.138. The van der Waals surface area contributed by atoms with E-state index < -0.39 is 46.4 Å². The molecule has 0 fully saturated rings. The van der Waals surface area contributed by atoms with Gasteiger partial charge < -0.3 is 9.88 Å². The molecule has 0 unspecified atom stereocenters. The Hall–Kier alpha value is -2.42. The predicted molar refractivity (Wildman–Crippen MR) is 75.7 cm³/mol. The third-order valence-corrected chi connectivity index (χ3v) is 3.16. The van der Waals surface area contributed by atoms with E-state index in [0.717, 1.165) is 12.1 Å². The molecule has 4 nitrogen and oxygen atoms in total. The van der Waals surface area contributed by atoms with Gasteiger partial charge in [0.05, 0.1) is 5.56 Å². The number of carbonyl (C=O) groups is 1. The van der Waals surface area contributed by atoms with Gasteiger partial charge in [-0.25, -0.2) is 8.78 Å². The highest BCUT2D eigenvalue weighted by atomic mass is 35.5. The highest BCUT2D eigenvalue weighted by Crippen LogP contribution is 2.29. The SMILES string of the molecule is O=C(Cn1cc(C(F)(F)F)cc(Cl)c1=O)Nc1ccc(F)c(F)c1. The molecule has 24 heavy (non-hydrogen) atoms.